The van der Waals surface area contributed by atoms with Crippen molar-refractivity contribution in [2.24, 2.45) is 0 Å². The van der Waals surface area contributed by atoms with Crippen molar-refractivity contribution >= 4 is 23.5 Å². The molecule has 0 saturated heterocycles. The maximum absolute atomic E-state index is 12.4. The van der Waals surface area contributed by atoms with E-state index >= 15 is 0 Å². The minimum Gasteiger partial charge on any atom is -0.481 e. The van der Waals surface area contributed by atoms with Crippen LogP contribution in [0, 0.1) is 10.1 Å². The molecule has 9 nitrogen and oxygen atoms in total. The first-order valence-corrected chi connectivity index (χ1v) is 7.29. The van der Waals surface area contributed by atoms with Crippen molar-refractivity contribution in [2.45, 2.75) is 38.7 Å². The van der Waals surface area contributed by atoms with Crippen LogP contribution in [0.2, 0.25) is 0 Å². The number of carbonyl (C=O) groups is 2. The second-order valence-electron chi connectivity index (χ2n) is 5.10. The lowest BCUT2D eigenvalue weighted by molar-refractivity contribution is -0.389. The molecule has 1 aromatic heterocycles. The Balaban J connectivity index is 2.23. The molecule has 0 saturated carbocycles. The molecule has 0 aliphatic carbocycles. The number of fused-ring (bicyclic) bond motifs is 1. The van der Waals surface area contributed by atoms with Gasteiger partial charge >= 0.3 is 11.8 Å². The number of aromatic nitrogens is 1. The van der Waals surface area contributed by atoms with Crippen molar-refractivity contribution in [1.82, 2.24) is 4.98 Å². The second kappa shape index (κ2) is 7.03. The number of hydrogen-bond donors (Lipinski definition) is 1. The molecule has 0 fully saturated rings. The lowest BCUT2D eigenvalue weighted by Crippen LogP contribution is -2.46. The Hall–Kier alpha value is -2.71. The van der Waals surface area contributed by atoms with Gasteiger partial charge in [-0.15, -0.1) is 0 Å². The van der Waals surface area contributed by atoms with Crippen LogP contribution in [0.15, 0.2) is 12.1 Å². The van der Waals surface area contributed by atoms with E-state index in [0.29, 0.717) is 25.0 Å². The molecule has 1 aromatic rings. The van der Waals surface area contributed by atoms with Gasteiger partial charge in [0.1, 0.15) is 0 Å². The number of carboxylic acids is 1. The van der Waals surface area contributed by atoms with E-state index in [1.54, 1.807) is 6.92 Å². The van der Waals surface area contributed by atoms with E-state index in [2.05, 4.69) is 4.98 Å². The summed E-state index contributed by atoms with van der Waals surface area (Å²) in [6.45, 7) is 2.04. The number of anilines is 1. The Morgan fingerprint density at radius 1 is 1.48 bits per heavy atom. The van der Waals surface area contributed by atoms with Crippen LogP contribution in [0.5, 0.6) is 5.75 Å². The van der Waals surface area contributed by atoms with Gasteiger partial charge in [-0.1, -0.05) is 6.92 Å². The zero-order valence-electron chi connectivity index (χ0n) is 12.6. The monoisotopic (exact) mass is 323 g/mol. The summed E-state index contributed by atoms with van der Waals surface area (Å²) < 4.78 is 5.53. The van der Waals surface area contributed by atoms with Gasteiger partial charge in [-0.05, 0) is 35.2 Å². The van der Waals surface area contributed by atoms with Gasteiger partial charge in [0.05, 0.1) is 0 Å². The lowest BCUT2D eigenvalue weighted by atomic mass is 10.1. The van der Waals surface area contributed by atoms with Crippen LogP contribution in [0.25, 0.3) is 0 Å². The standard InChI is InChI=1S/C14H17N3O6/c1-2-9-14(20)16(8-4-3-5-12(18)19)13-10(23-9)6-7-11(15-13)17(21)22/h6-7,9H,2-5,8H2,1H3,(H,18,19). The van der Waals surface area contributed by atoms with Crippen LogP contribution in [-0.2, 0) is 9.59 Å². The van der Waals surface area contributed by atoms with Gasteiger partial charge in [0.2, 0.25) is 0 Å². The molecule has 0 spiro atoms. The lowest BCUT2D eigenvalue weighted by Gasteiger charge is -2.30. The summed E-state index contributed by atoms with van der Waals surface area (Å²) in [5.74, 6) is -1.16. The molecule has 1 unspecified atom stereocenters. The van der Waals surface area contributed by atoms with Crippen molar-refractivity contribution in [3.8, 4) is 5.75 Å². The van der Waals surface area contributed by atoms with Gasteiger partial charge in [0.15, 0.2) is 11.9 Å². The molecule has 2 heterocycles. The SMILES string of the molecule is CCC1Oc2ccc([N+](=O)[O-])nc2N(CCCCC(=O)O)C1=O. The Morgan fingerprint density at radius 3 is 2.83 bits per heavy atom. The molecule has 1 amide bonds. The van der Waals surface area contributed by atoms with E-state index in [9.17, 15) is 19.7 Å². The van der Waals surface area contributed by atoms with Gasteiger partial charge in [0, 0.05) is 19.0 Å². The normalized spacial score (nSPS) is 16.7. The van der Waals surface area contributed by atoms with E-state index in [0.717, 1.165) is 0 Å². The van der Waals surface area contributed by atoms with E-state index < -0.39 is 17.0 Å². The zero-order chi connectivity index (χ0) is 17.0. The quantitative estimate of drug-likeness (QED) is 0.460. The summed E-state index contributed by atoms with van der Waals surface area (Å²) in [4.78, 5) is 38.4. The number of pyridine rings is 1. The van der Waals surface area contributed by atoms with E-state index in [1.807, 2.05) is 0 Å². The largest absolute Gasteiger partial charge is 0.481 e. The molecule has 124 valence electrons. The molecule has 1 N–H and O–H groups in total. The minimum atomic E-state index is -0.904. The Bertz CT molecular complexity index is 633. The molecule has 1 atom stereocenters. The molecule has 9 heteroatoms. The number of aliphatic carboxylic acids is 1. The summed E-state index contributed by atoms with van der Waals surface area (Å²) in [5, 5.41) is 19.5. The maximum atomic E-state index is 12.4. The number of nitro groups is 1. The van der Waals surface area contributed by atoms with Crippen LogP contribution < -0.4 is 9.64 Å². The van der Waals surface area contributed by atoms with Gasteiger partial charge in [-0.25, -0.2) is 0 Å². The summed E-state index contributed by atoms with van der Waals surface area (Å²) in [6, 6.07) is 2.66. The molecule has 2 rings (SSSR count). The summed E-state index contributed by atoms with van der Waals surface area (Å²) in [7, 11) is 0. The predicted molar refractivity (Wildman–Crippen MR) is 79.4 cm³/mol. The average Bonchev–Trinajstić information content (AvgIpc) is 2.51. The van der Waals surface area contributed by atoms with Gasteiger partial charge < -0.3 is 20.0 Å². The molecular weight excluding hydrogens is 306 g/mol. The topological polar surface area (TPSA) is 123 Å². The fourth-order valence-electron chi connectivity index (χ4n) is 2.31. The molecule has 0 radical (unpaired) electrons. The van der Waals surface area contributed by atoms with E-state index in [1.165, 1.54) is 17.0 Å². The third kappa shape index (κ3) is 3.74. The number of carbonyl (C=O) groups excluding carboxylic acids is 1. The van der Waals surface area contributed by atoms with Crippen molar-refractivity contribution in [3.63, 3.8) is 0 Å². The molecule has 1 aliphatic heterocycles. The van der Waals surface area contributed by atoms with Crippen LogP contribution in [0.3, 0.4) is 0 Å². The molecule has 1 aliphatic rings. The van der Waals surface area contributed by atoms with Crippen LogP contribution in [0.1, 0.15) is 32.6 Å². The average molecular weight is 323 g/mol. The number of unbranched alkanes of at least 4 members (excludes halogenated alkanes) is 1. The number of nitrogens with zero attached hydrogens (tertiary/aromatic N) is 3. The third-order valence-electron chi connectivity index (χ3n) is 3.47. The zero-order valence-corrected chi connectivity index (χ0v) is 12.6. The van der Waals surface area contributed by atoms with Gasteiger partial charge in [0.25, 0.3) is 11.7 Å². The Labute approximate surface area is 132 Å². The highest BCUT2D eigenvalue weighted by molar-refractivity contribution is 5.99. The molecular formula is C14H17N3O6. The highest BCUT2D eigenvalue weighted by Gasteiger charge is 2.37. The predicted octanol–water partition coefficient (Wildman–Crippen LogP) is 1.75. The van der Waals surface area contributed by atoms with Crippen LogP contribution in [-0.4, -0.2) is 39.5 Å². The molecule has 0 bridgehead atoms. The molecule has 0 aromatic carbocycles. The highest BCUT2D eigenvalue weighted by Crippen LogP contribution is 2.34. The highest BCUT2D eigenvalue weighted by atomic mass is 16.6. The first-order chi connectivity index (χ1) is 10.9. The van der Waals surface area contributed by atoms with Gasteiger partial charge in [-0.2, -0.15) is 0 Å². The third-order valence-corrected chi connectivity index (χ3v) is 3.47. The van der Waals surface area contributed by atoms with Crippen LogP contribution in [0.4, 0.5) is 11.6 Å². The van der Waals surface area contributed by atoms with E-state index in [4.69, 9.17) is 9.84 Å². The van der Waals surface area contributed by atoms with Gasteiger partial charge in [-0.3, -0.25) is 14.5 Å². The number of amides is 1. The van der Waals surface area contributed by atoms with Crippen molar-refractivity contribution in [3.05, 3.63) is 22.2 Å². The maximum Gasteiger partial charge on any atom is 0.366 e. The first kappa shape index (κ1) is 16.7. The number of rotatable bonds is 7. The number of ether oxygens (including phenoxy) is 1. The Morgan fingerprint density at radius 2 is 2.22 bits per heavy atom. The minimum absolute atomic E-state index is 0.00492. The summed E-state index contributed by atoms with van der Waals surface area (Å²) in [5.41, 5.74) is 0. The van der Waals surface area contributed by atoms with Crippen molar-refractivity contribution in [1.29, 1.82) is 0 Å². The first-order valence-electron chi connectivity index (χ1n) is 7.29. The van der Waals surface area contributed by atoms with Crippen molar-refractivity contribution in [2.75, 3.05) is 11.4 Å². The van der Waals surface area contributed by atoms with E-state index in [-0.39, 0.29) is 30.5 Å². The fourth-order valence-corrected chi connectivity index (χ4v) is 2.31. The number of hydrogen-bond acceptors (Lipinski definition) is 6. The smallest absolute Gasteiger partial charge is 0.366 e. The summed E-state index contributed by atoms with van der Waals surface area (Å²) >= 11 is 0. The summed E-state index contributed by atoms with van der Waals surface area (Å²) in [6.07, 6.45) is 0.663. The Kier molecular flexibility index (Phi) is 5.09. The van der Waals surface area contributed by atoms with Crippen molar-refractivity contribution < 1.29 is 24.4 Å². The second-order valence-corrected chi connectivity index (χ2v) is 5.10. The number of carboxylic acid groups (broad SMARTS) is 1. The van der Waals surface area contributed by atoms with Crippen LogP contribution >= 0.6 is 0 Å². The molecule has 23 heavy (non-hydrogen) atoms. The fraction of sp³-hybridized carbons (Fsp3) is 0.500.